The number of hydrogen-bond donors (Lipinski definition) is 0. The van der Waals surface area contributed by atoms with Gasteiger partial charge in [0.2, 0.25) is 0 Å². The zero-order chi connectivity index (χ0) is 15.5. The van der Waals surface area contributed by atoms with E-state index in [-0.39, 0.29) is 0 Å². The van der Waals surface area contributed by atoms with E-state index in [1.165, 1.54) is 22.1 Å². The Morgan fingerprint density at radius 2 is 1.32 bits per heavy atom. The Labute approximate surface area is 133 Å². The van der Waals surface area contributed by atoms with E-state index in [1.807, 2.05) is 0 Å². The van der Waals surface area contributed by atoms with Gasteiger partial charge in [0.25, 0.3) is 0 Å². The van der Waals surface area contributed by atoms with Crippen LogP contribution >= 0.6 is 0 Å². The van der Waals surface area contributed by atoms with E-state index in [0.29, 0.717) is 12.0 Å². The van der Waals surface area contributed by atoms with Crippen LogP contribution in [0.4, 0.5) is 11.4 Å². The molecule has 0 fully saturated rings. The van der Waals surface area contributed by atoms with Crippen LogP contribution in [0.2, 0.25) is 0 Å². The van der Waals surface area contributed by atoms with Crippen LogP contribution in [0, 0.1) is 5.92 Å². The molecule has 0 heterocycles. The molecule has 0 saturated carbocycles. The zero-order valence-corrected chi connectivity index (χ0v) is 13.5. The quantitative estimate of drug-likeness (QED) is 0.567. The van der Waals surface area contributed by atoms with Crippen LogP contribution in [0.5, 0.6) is 0 Å². The van der Waals surface area contributed by atoms with Gasteiger partial charge in [-0.05, 0) is 36.4 Å². The van der Waals surface area contributed by atoms with Crippen LogP contribution in [0.15, 0.2) is 72.8 Å². The fraction of sp³-hybridized carbons (Fsp3) is 0.238. The van der Waals surface area contributed by atoms with Crippen molar-refractivity contribution in [3.8, 4) is 0 Å². The smallest absolute Gasteiger partial charge is 0.0493 e. The first-order chi connectivity index (χ1) is 10.7. The van der Waals surface area contributed by atoms with Gasteiger partial charge in [-0.25, -0.2) is 0 Å². The fourth-order valence-corrected chi connectivity index (χ4v) is 2.90. The van der Waals surface area contributed by atoms with Crippen molar-refractivity contribution < 1.29 is 0 Å². The number of anilines is 2. The second-order valence-corrected chi connectivity index (χ2v) is 6.19. The molecule has 0 aliphatic rings. The summed E-state index contributed by atoms with van der Waals surface area (Å²) in [7, 11) is 0. The average molecular weight is 289 g/mol. The molecule has 22 heavy (non-hydrogen) atoms. The Bertz CT molecular complexity index is 741. The lowest BCUT2D eigenvalue weighted by Crippen LogP contribution is -2.32. The van der Waals surface area contributed by atoms with Crippen molar-refractivity contribution in [2.45, 2.75) is 26.8 Å². The van der Waals surface area contributed by atoms with Gasteiger partial charge in [-0.1, -0.05) is 68.4 Å². The number of para-hydroxylation sites is 1. The lowest BCUT2D eigenvalue weighted by atomic mass is 10.0. The largest absolute Gasteiger partial charge is 0.338 e. The second kappa shape index (κ2) is 6.23. The van der Waals surface area contributed by atoms with E-state index in [4.69, 9.17) is 0 Å². The van der Waals surface area contributed by atoms with E-state index < -0.39 is 0 Å². The summed E-state index contributed by atoms with van der Waals surface area (Å²) in [6, 6.07) is 26.3. The highest BCUT2D eigenvalue weighted by molar-refractivity contribution is 5.96. The van der Waals surface area contributed by atoms with Crippen LogP contribution in [0.25, 0.3) is 10.8 Å². The minimum Gasteiger partial charge on any atom is -0.338 e. The standard InChI is InChI=1S/C21H23N/c1-16(2)17(3)22(19-12-5-4-6-13-19)21-15-9-11-18-10-7-8-14-20(18)21/h4-17H,1-3H3. The normalized spacial score (nSPS) is 12.5. The molecule has 0 amide bonds. The number of benzene rings is 3. The van der Waals surface area contributed by atoms with E-state index in [2.05, 4.69) is 98.5 Å². The van der Waals surface area contributed by atoms with E-state index in [9.17, 15) is 0 Å². The molecule has 3 aromatic carbocycles. The molecule has 0 saturated heterocycles. The van der Waals surface area contributed by atoms with Gasteiger partial charge in [0, 0.05) is 22.8 Å². The Balaban J connectivity index is 2.20. The molecule has 0 radical (unpaired) electrons. The van der Waals surface area contributed by atoms with Gasteiger partial charge in [-0.3, -0.25) is 0 Å². The van der Waals surface area contributed by atoms with Crippen molar-refractivity contribution in [2.75, 3.05) is 4.90 Å². The van der Waals surface area contributed by atoms with Crippen LogP contribution in [-0.2, 0) is 0 Å². The first-order valence-corrected chi connectivity index (χ1v) is 8.00. The third kappa shape index (κ3) is 2.71. The van der Waals surface area contributed by atoms with Crippen molar-refractivity contribution in [3.05, 3.63) is 72.8 Å². The third-order valence-electron chi connectivity index (χ3n) is 4.43. The number of fused-ring (bicyclic) bond motifs is 1. The molecule has 0 N–H and O–H groups in total. The van der Waals surface area contributed by atoms with Gasteiger partial charge in [0.05, 0.1) is 0 Å². The maximum Gasteiger partial charge on any atom is 0.0493 e. The molecule has 0 spiro atoms. The molecular formula is C21H23N. The molecule has 0 aliphatic heterocycles. The molecule has 1 atom stereocenters. The number of rotatable bonds is 4. The molecule has 0 bridgehead atoms. The summed E-state index contributed by atoms with van der Waals surface area (Å²) in [4.78, 5) is 2.47. The first kappa shape index (κ1) is 14.6. The maximum atomic E-state index is 2.47. The molecule has 112 valence electrons. The van der Waals surface area contributed by atoms with Crippen LogP contribution in [-0.4, -0.2) is 6.04 Å². The Morgan fingerprint density at radius 1 is 0.682 bits per heavy atom. The Hall–Kier alpha value is -2.28. The Kier molecular flexibility index (Phi) is 4.15. The van der Waals surface area contributed by atoms with E-state index in [0.717, 1.165) is 0 Å². The lowest BCUT2D eigenvalue weighted by Gasteiger charge is -2.35. The highest BCUT2D eigenvalue weighted by atomic mass is 15.2. The average Bonchev–Trinajstić information content (AvgIpc) is 2.56. The molecule has 1 unspecified atom stereocenters. The van der Waals surface area contributed by atoms with Crippen LogP contribution in [0.3, 0.4) is 0 Å². The lowest BCUT2D eigenvalue weighted by molar-refractivity contribution is 0.519. The summed E-state index contributed by atoms with van der Waals surface area (Å²) >= 11 is 0. The van der Waals surface area contributed by atoms with Crippen molar-refractivity contribution >= 4 is 22.1 Å². The van der Waals surface area contributed by atoms with Gasteiger partial charge in [-0.15, -0.1) is 0 Å². The topological polar surface area (TPSA) is 3.24 Å². The van der Waals surface area contributed by atoms with Crippen molar-refractivity contribution in [2.24, 2.45) is 5.92 Å². The van der Waals surface area contributed by atoms with Gasteiger partial charge in [0.15, 0.2) is 0 Å². The molecular weight excluding hydrogens is 266 g/mol. The van der Waals surface area contributed by atoms with Gasteiger partial charge < -0.3 is 4.90 Å². The van der Waals surface area contributed by atoms with Crippen molar-refractivity contribution in [1.82, 2.24) is 0 Å². The predicted molar refractivity (Wildman–Crippen MR) is 96.8 cm³/mol. The maximum absolute atomic E-state index is 2.47. The first-order valence-electron chi connectivity index (χ1n) is 8.00. The van der Waals surface area contributed by atoms with Gasteiger partial charge in [0.1, 0.15) is 0 Å². The zero-order valence-electron chi connectivity index (χ0n) is 13.5. The molecule has 0 aliphatic carbocycles. The van der Waals surface area contributed by atoms with E-state index in [1.54, 1.807) is 0 Å². The monoisotopic (exact) mass is 289 g/mol. The summed E-state index contributed by atoms with van der Waals surface area (Å²) in [5.74, 6) is 0.569. The summed E-state index contributed by atoms with van der Waals surface area (Å²) < 4.78 is 0. The van der Waals surface area contributed by atoms with Crippen LogP contribution < -0.4 is 4.90 Å². The highest BCUT2D eigenvalue weighted by Gasteiger charge is 2.20. The molecule has 3 rings (SSSR count). The molecule has 0 aromatic heterocycles. The summed E-state index contributed by atoms with van der Waals surface area (Å²) in [6.45, 7) is 6.87. The molecule has 1 nitrogen and oxygen atoms in total. The van der Waals surface area contributed by atoms with Crippen LogP contribution in [0.1, 0.15) is 20.8 Å². The summed E-state index contributed by atoms with van der Waals surface area (Å²) in [5, 5.41) is 2.60. The van der Waals surface area contributed by atoms with Crippen molar-refractivity contribution in [1.29, 1.82) is 0 Å². The number of nitrogens with zero attached hydrogens (tertiary/aromatic N) is 1. The minimum atomic E-state index is 0.424. The molecule has 3 aromatic rings. The molecule has 1 heteroatoms. The SMILES string of the molecule is CC(C)C(C)N(c1ccccc1)c1cccc2ccccc12. The number of hydrogen-bond acceptors (Lipinski definition) is 1. The summed E-state index contributed by atoms with van der Waals surface area (Å²) in [6.07, 6.45) is 0. The summed E-state index contributed by atoms with van der Waals surface area (Å²) in [5.41, 5.74) is 2.53. The highest BCUT2D eigenvalue weighted by Crippen LogP contribution is 2.35. The fourth-order valence-electron chi connectivity index (χ4n) is 2.90. The van der Waals surface area contributed by atoms with Gasteiger partial charge >= 0.3 is 0 Å². The van der Waals surface area contributed by atoms with Gasteiger partial charge in [-0.2, -0.15) is 0 Å². The minimum absolute atomic E-state index is 0.424. The Morgan fingerprint density at radius 3 is 2.05 bits per heavy atom. The second-order valence-electron chi connectivity index (χ2n) is 6.19. The van der Waals surface area contributed by atoms with E-state index >= 15 is 0 Å². The van der Waals surface area contributed by atoms with Crippen molar-refractivity contribution in [3.63, 3.8) is 0 Å². The third-order valence-corrected chi connectivity index (χ3v) is 4.43. The predicted octanol–water partition coefficient (Wildman–Crippen LogP) is 6.02.